The Bertz CT molecular complexity index is 464. The van der Waals surface area contributed by atoms with Gasteiger partial charge in [-0.05, 0) is 47.6 Å². The topological polar surface area (TPSA) is 38.1 Å². The van der Waals surface area contributed by atoms with Gasteiger partial charge in [0.1, 0.15) is 5.76 Å². The Labute approximate surface area is 103 Å². The molecular formula is C12H13BrN2O. The zero-order chi connectivity index (χ0) is 11.5. The second-order valence-corrected chi connectivity index (χ2v) is 4.44. The summed E-state index contributed by atoms with van der Waals surface area (Å²) in [5.74, 6) is 0.869. The molecule has 0 radical (unpaired) electrons. The van der Waals surface area contributed by atoms with Crippen LogP contribution in [0.2, 0.25) is 0 Å². The summed E-state index contributed by atoms with van der Waals surface area (Å²) in [5.41, 5.74) is 2.10. The van der Waals surface area contributed by atoms with Crippen LogP contribution >= 0.6 is 15.9 Å². The molecule has 0 aromatic carbocycles. The SMILES string of the molecule is CNC(c1ccc(C)nc1)c1occc1Br. The van der Waals surface area contributed by atoms with Gasteiger partial charge in [-0.2, -0.15) is 0 Å². The molecule has 0 saturated carbocycles. The minimum absolute atomic E-state index is 0.0254. The normalized spacial score (nSPS) is 12.7. The van der Waals surface area contributed by atoms with Crippen LogP contribution in [0.25, 0.3) is 0 Å². The van der Waals surface area contributed by atoms with Gasteiger partial charge in [0.05, 0.1) is 16.8 Å². The van der Waals surface area contributed by atoms with Crippen molar-refractivity contribution < 1.29 is 4.42 Å². The molecule has 0 aliphatic heterocycles. The summed E-state index contributed by atoms with van der Waals surface area (Å²) in [4.78, 5) is 4.29. The van der Waals surface area contributed by atoms with Gasteiger partial charge in [-0.15, -0.1) is 0 Å². The average molecular weight is 281 g/mol. The highest BCUT2D eigenvalue weighted by Crippen LogP contribution is 2.28. The molecule has 2 aromatic rings. The third kappa shape index (κ3) is 2.18. The molecule has 0 amide bonds. The van der Waals surface area contributed by atoms with Crippen molar-refractivity contribution in [2.24, 2.45) is 0 Å². The summed E-state index contributed by atoms with van der Waals surface area (Å²) < 4.78 is 6.43. The standard InChI is InChI=1S/C12H13BrN2O/c1-8-3-4-9(7-15-8)11(14-2)12-10(13)5-6-16-12/h3-7,11,14H,1-2H3. The second kappa shape index (κ2) is 4.80. The van der Waals surface area contributed by atoms with Gasteiger partial charge in [0.2, 0.25) is 0 Å². The van der Waals surface area contributed by atoms with E-state index in [1.807, 2.05) is 32.3 Å². The quantitative estimate of drug-likeness (QED) is 0.939. The van der Waals surface area contributed by atoms with Crippen molar-refractivity contribution in [2.45, 2.75) is 13.0 Å². The lowest BCUT2D eigenvalue weighted by Gasteiger charge is -2.14. The monoisotopic (exact) mass is 280 g/mol. The molecule has 0 spiro atoms. The Kier molecular flexibility index (Phi) is 3.41. The van der Waals surface area contributed by atoms with Crippen molar-refractivity contribution in [3.05, 3.63) is 52.1 Å². The molecule has 0 saturated heterocycles. The zero-order valence-corrected chi connectivity index (χ0v) is 10.8. The Morgan fingerprint density at radius 2 is 2.19 bits per heavy atom. The van der Waals surface area contributed by atoms with Crippen LogP contribution in [0.15, 0.2) is 39.5 Å². The Morgan fingerprint density at radius 3 is 2.69 bits per heavy atom. The summed E-state index contributed by atoms with van der Waals surface area (Å²) in [5, 5.41) is 3.22. The zero-order valence-electron chi connectivity index (χ0n) is 9.20. The summed E-state index contributed by atoms with van der Waals surface area (Å²) in [7, 11) is 1.90. The lowest BCUT2D eigenvalue weighted by atomic mass is 10.1. The summed E-state index contributed by atoms with van der Waals surface area (Å²) >= 11 is 3.47. The van der Waals surface area contributed by atoms with Gasteiger partial charge in [-0.1, -0.05) is 6.07 Å². The van der Waals surface area contributed by atoms with Crippen LogP contribution in [-0.4, -0.2) is 12.0 Å². The van der Waals surface area contributed by atoms with Crippen LogP contribution in [0.4, 0.5) is 0 Å². The number of aryl methyl sites for hydroxylation is 1. The predicted octanol–water partition coefficient (Wildman–Crippen LogP) is 3.05. The summed E-state index contributed by atoms with van der Waals surface area (Å²) in [6.45, 7) is 1.97. The molecule has 0 aliphatic rings. The maximum Gasteiger partial charge on any atom is 0.139 e. The molecule has 0 bridgehead atoms. The van der Waals surface area contributed by atoms with E-state index in [0.717, 1.165) is 21.5 Å². The minimum atomic E-state index is 0.0254. The molecule has 2 heterocycles. The van der Waals surface area contributed by atoms with Crippen LogP contribution in [0.5, 0.6) is 0 Å². The molecule has 3 nitrogen and oxygen atoms in total. The molecule has 0 aliphatic carbocycles. The van der Waals surface area contributed by atoms with E-state index in [2.05, 4.69) is 32.3 Å². The number of nitrogens with zero attached hydrogens (tertiary/aromatic N) is 1. The number of pyridine rings is 1. The average Bonchev–Trinajstić information content (AvgIpc) is 2.69. The van der Waals surface area contributed by atoms with E-state index in [0.29, 0.717) is 0 Å². The number of rotatable bonds is 3. The second-order valence-electron chi connectivity index (χ2n) is 3.59. The van der Waals surface area contributed by atoms with E-state index in [4.69, 9.17) is 4.42 Å². The third-order valence-corrected chi connectivity index (χ3v) is 3.12. The minimum Gasteiger partial charge on any atom is -0.466 e. The molecule has 84 valence electrons. The van der Waals surface area contributed by atoms with Gasteiger partial charge in [-0.25, -0.2) is 0 Å². The molecule has 1 N–H and O–H groups in total. The van der Waals surface area contributed by atoms with E-state index in [1.54, 1.807) is 6.26 Å². The van der Waals surface area contributed by atoms with Crippen molar-refractivity contribution in [3.8, 4) is 0 Å². The predicted molar refractivity (Wildman–Crippen MR) is 66.3 cm³/mol. The fourth-order valence-corrected chi connectivity index (χ4v) is 2.04. The highest BCUT2D eigenvalue weighted by atomic mass is 79.9. The third-order valence-electron chi connectivity index (χ3n) is 2.46. The van der Waals surface area contributed by atoms with Crippen LogP contribution < -0.4 is 5.32 Å². The highest BCUT2D eigenvalue weighted by molar-refractivity contribution is 9.10. The molecule has 0 fully saturated rings. The van der Waals surface area contributed by atoms with Gasteiger partial charge in [0.15, 0.2) is 0 Å². The first-order valence-corrected chi connectivity index (χ1v) is 5.84. The van der Waals surface area contributed by atoms with Crippen molar-refractivity contribution in [1.29, 1.82) is 0 Å². The van der Waals surface area contributed by atoms with E-state index in [-0.39, 0.29) is 6.04 Å². The van der Waals surface area contributed by atoms with Crippen LogP contribution in [0.3, 0.4) is 0 Å². The van der Waals surface area contributed by atoms with E-state index in [1.165, 1.54) is 0 Å². The van der Waals surface area contributed by atoms with Crippen molar-refractivity contribution in [1.82, 2.24) is 10.3 Å². The highest BCUT2D eigenvalue weighted by Gasteiger charge is 2.18. The van der Waals surface area contributed by atoms with E-state index < -0.39 is 0 Å². The molecule has 16 heavy (non-hydrogen) atoms. The van der Waals surface area contributed by atoms with Gasteiger partial charge in [0, 0.05) is 11.9 Å². The Hall–Kier alpha value is -1.13. The maximum atomic E-state index is 5.46. The number of aromatic nitrogens is 1. The maximum absolute atomic E-state index is 5.46. The van der Waals surface area contributed by atoms with Crippen LogP contribution in [-0.2, 0) is 0 Å². The number of halogens is 1. The number of nitrogens with one attached hydrogen (secondary N) is 1. The fraction of sp³-hybridized carbons (Fsp3) is 0.250. The lowest BCUT2D eigenvalue weighted by molar-refractivity contribution is 0.460. The Morgan fingerprint density at radius 1 is 1.38 bits per heavy atom. The Balaban J connectivity index is 2.37. The van der Waals surface area contributed by atoms with Crippen LogP contribution in [0.1, 0.15) is 23.1 Å². The first-order chi connectivity index (χ1) is 7.72. The first kappa shape index (κ1) is 11.4. The lowest BCUT2D eigenvalue weighted by Crippen LogP contribution is -2.17. The van der Waals surface area contributed by atoms with Gasteiger partial charge < -0.3 is 9.73 Å². The van der Waals surface area contributed by atoms with E-state index in [9.17, 15) is 0 Å². The van der Waals surface area contributed by atoms with Gasteiger partial charge >= 0.3 is 0 Å². The first-order valence-electron chi connectivity index (χ1n) is 5.05. The number of hydrogen-bond donors (Lipinski definition) is 1. The largest absolute Gasteiger partial charge is 0.466 e. The van der Waals surface area contributed by atoms with Crippen molar-refractivity contribution in [3.63, 3.8) is 0 Å². The fourth-order valence-electron chi connectivity index (χ4n) is 1.61. The number of furan rings is 1. The molecule has 2 rings (SSSR count). The summed E-state index contributed by atoms with van der Waals surface area (Å²) in [6.07, 6.45) is 3.54. The van der Waals surface area contributed by atoms with Crippen LogP contribution in [0, 0.1) is 6.92 Å². The smallest absolute Gasteiger partial charge is 0.139 e. The van der Waals surface area contributed by atoms with Crippen molar-refractivity contribution in [2.75, 3.05) is 7.05 Å². The molecule has 1 atom stereocenters. The van der Waals surface area contributed by atoms with E-state index >= 15 is 0 Å². The van der Waals surface area contributed by atoms with Crippen molar-refractivity contribution >= 4 is 15.9 Å². The van der Waals surface area contributed by atoms with Gasteiger partial charge in [-0.3, -0.25) is 4.98 Å². The molecule has 1 unspecified atom stereocenters. The number of hydrogen-bond acceptors (Lipinski definition) is 3. The van der Waals surface area contributed by atoms with Gasteiger partial charge in [0.25, 0.3) is 0 Å². The summed E-state index contributed by atoms with van der Waals surface area (Å²) in [6, 6.07) is 5.97. The molecule has 2 aromatic heterocycles. The molecule has 4 heteroatoms. The molecular weight excluding hydrogens is 268 g/mol.